The molecule has 6 nitrogen and oxygen atoms in total. The van der Waals surface area contributed by atoms with Crippen LogP contribution in [0.1, 0.15) is 53.9 Å². The number of aliphatic hydroxyl groups excluding tert-OH is 1. The van der Waals surface area contributed by atoms with E-state index in [2.05, 4.69) is 6.07 Å². The van der Waals surface area contributed by atoms with Crippen molar-refractivity contribution in [2.24, 2.45) is 5.92 Å². The second-order valence-corrected chi connectivity index (χ2v) is 9.29. The molecule has 1 aliphatic carbocycles. The van der Waals surface area contributed by atoms with Crippen molar-refractivity contribution in [3.05, 3.63) is 59.7 Å². The van der Waals surface area contributed by atoms with Gasteiger partial charge >= 0.3 is 0 Å². The lowest BCUT2D eigenvalue weighted by atomic mass is 9.72. The van der Waals surface area contributed by atoms with Crippen LogP contribution in [0, 0.1) is 17.2 Å². The highest BCUT2D eigenvalue weighted by molar-refractivity contribution is 5.94. The molecule has 172 valence electrons. The minimum atomic E-state index is -0.590. The largest absolute Gasteiger partial charge is 0.394 e. The first-order chi connectivity index (χ1) is 16.0. The Morgan fingerprint density at radius 1 is 1.06 bits per heavy atom. The Hall–Kier alpha value is -3.17. The van der Waals surface area contributed by atoms with Gasteiger partial charge in [0.15, 0.2) is 0 Å². The Bertz CT molecular complexity index is 1050. The second-order valence-electron chi connectivity index (χ2n) is 9.29. The molecular weight excluding hydrogens is 414 g/mol. The van der Waals surface area contributed by atoms with E-state index in [0.717, 1.165) is 48.8 Å². The SMILES string of the molecule is CN(C)C(=O)c1ccc(-c2ccccc2[C@H]2[C@@H](C#N)N(C(=O)C3CCCCC3)[C@H]2CO)cc1. The minimum absolute atomic E-state index is 0.0144. The summed E-state index contributed by atoms with van der Waals surface area (Å²) in [5, 5.41) is 20.2. The van der Waals surface area contributed by atoms with Crippen LogP contribution in [0.2, 0.25) is 0 Å². The molecule has 1 aliphatic heterocycles. The van der Waals surface area contributed by atoms with Crippen LogP contribution < -0.4 is 0 Å². The normalized spacial score (nSPS) is 22.8. The van der Waals surface area contributed by atoms with Gasteiger partial charge in [-0.05, 0) is 41.7 Å². The highest BCUT2D eigenvalue weighted by Gasteiger charge is 2.53. The second kappa shape index (κ2) is 9.76. The Morgan fingerprint density at radius 2 is 1.73 bits per heavy atom. The van der Waals surface area contributed by atoms with Gasteiger partial charge in [0, 0.05) is 31.5 Å². The topological polar surface area (TPSA) is 84.6 Å². The summed E-state index contributed by atoms with van der Waals surface area (Å²) in [7, 11) is 3.44. The van der Waals surface area contributed by atoms with E-state index in [0.29, 0.717) is 5.56 Å². The van der Waals surface area contributed by atoms with Gasteiger partial charge in [-0.2, -0.15) is 5.26 Å². The van der Waals surface area contributed by atoms with Crippen LogP contribution in [-0.4, -0.2) is 59.5 Å². The van der Waals surface area contributed by atoms with Crippen molar-refractivity contribution >= 4 is 11.8 Å². The molecule has 2 amide bonds. The van der Waals surface area contributed by atoms with E-state index in [4.69, 9.17) is 0 Å². The van der Waals surface area contributed by atoms with E-state index >= 15 is 0 Å². The van der Waals surface area contributed by atoms with E-state index in [1.165, 1.54) is 0 Å². The van der Waals surface area contributed by atoms with Crippen LogP contribution in [-0.2, 0) is 4.79 Å². The van der Waals surface area contributed by atoms with Gasteiger partial charge in [-0.25, -0.2) is 0 Å². The summed E-state index contributed by atoms with van der Waals surface area (Å²) in [4.78, 5) is 28.7. The lowest BCUT2D eigenvalue weighted by molar-refractivity contribution is -0.152. The molecule has 2 aliphatic rings. The molecule has 3 atom stereocenters. The summed E-state index contributed by atoms with van der Waals surface area (Å²) in [5.41, 5.74) is 3.45. The van der Waals surface area contributed by atoms with E-state index < -0.39 is 12.1 Å². The van der Waals surface area contributed by atoms with Crippen LogP contribution in [0.25, 0.3) is 11.1 Å². The highest BCUT2D eigenvalue weighted by Crippen LogP contribution is 2.45. The fraction of sp³-hybridized carbons (Fsp3) is 0.444. The van der Waals surface area contributed by atoms with Gasteiger partial charge in [0.25, 0.3) is 5.91 Å². The fourth-order valence-electron chi connectivity index (χ4n) is 5.34. The lowest BCUT2D eigenvalue weighted by Crippen LogP contribution is -2.66. The molecule has 33 heavy (non-hydrogen) atoms. The predicted octanol–water partition coefficient (Wildman–Crippen LogP) is 3.81. The molecule has 0 aromatic heterocycles. The standard InChI is InChI=1S/C27H31N3O3/c1-29(2)26(32)20-14-12-18(13-15-20)21-10-6-7-11-22(21)25-23(16-28)30(24(25)17-31)27(33)19-8-4-3-5-9-19/h6-7,10-15,19,23-25,31H,3-5,8-9,17H2,1-2H3/t23-,24+,25+/m1/s1. The molecule has 4 rings (SSSR count). The fourth-order valence-corrected chi connectivity index (χ4v) is 5.34. The summed E-state index contributed by atoms with van der Waals surface area (Å²) in [5.74, 6) is -0.343. The molecule has 1 saturated carbocycles. The summed E-state index contributed by atoms with van der Waals surface area (Å²) >= 11 is 0. The minimum Gasteiger partial charge on any atom is -0.394 e. The molecule has 0 spiro atoms. The number of benzene rings is 2. The monoisotopic (exact) mass is 445 g/mol. The van der Waals surface area contributed by atoms with E-state index in [9.17, 15) is 20.0 Å². The van der Waals surface area contributed by atoms with Gasteiger partial charge in [-0.15, -0.1) is 0 Å². The van der Waals surface area contributed by atoms with Crippen LogP contribution in [0.15, 0.2) is 48.5 Å². The molecule has 1 saturated heterocycles. The van der Waals surface area contributed by atoms with Crippen molar-refractivity contribution < 1.29 is 14.7 Å². The molecule has 6 heteroatoms. The number of hydrogen-bond donors (Lipinski definition) is 1. The van der Waals surface area contributed by atoms with Gasteiger partial charge in [0.2, 0.25) is 5.91 Å². The first kappa shape index (κ1) is 23.0. The summed E-state index contributed by atoms with van der Waals surface area (Å²) < 4.78 is 0. The third-order valence-electron chi connectivity index (χ3n) is 7.11. The first-order valence-electron chi connectivity index (χ1n) is 11.7. The van der Waals surface area contributed by atoms with Crippen molar-refractivity contribution in [2.45, 2.75) is 50.1 Å². The summed E-state index contributed by atoms with van der Waals surface area (Å²) in [6, 6.07) is 16.6. The quantitative estimate of drug-likeness (QED) is 0.758. The lowest BCUT2D eigenvalue weighted by Gasteiger charge is -2.53. The van der Waals surface area contributed by atoms with Gasteiger partial charge in [-0.3, -0.25) is 9.59 Å². The van der Waals surface area contributed by atoms with Gasteiger partial charge in [-0.1, -0.05) is 55.7 Å². The molecular formula is C27H31N3O3. The number of aliphatic hydroxyl groups is 1. The molecule has 1 N–H and O–H groups in total. The third-order valence-corrected chi connectivity index (χ3v) is 7.11. The maximum absolute atomic E-state index is 13.2. The number of nitrogens with zero attached hydrogens (tertiary/aromatic N) is 3. The zero-order valence-corrected chi connectivity index (χ0v) is 19.3. The predicted molar refractivity (Wildman–Crippen MR) is 126 cm³/mol. The first-order valence-corrected chi connectivity index (χ1v) is 11.7. The van der Waals surface area contributed by atoms with E-state index in [1.807, 2.05) is 36.4 Å². The van der Waals surface area contributed by atoms with E-state index in [-0.39, 0.29) is 30.3 Å². The highest BCUT2D eigenvalue weighted by atomic mass is 16.3. The Balaban J connectivity index is 1.64. The number of carbonyl (C=O) groups is 2. The molecule has 2 aromatic rings. The van der Waals surface area contributed by atoms with Gasteiger partial charge < -0.3 is 14.9 Å². The zero-order chi connectivity index (χ0) is 23.5. The van der Waals surface area contributed by atoms with E-state index in [1.54, 1.807) is 36.0 Å². The van der Waals surface area contributed by atoms with Gasteiger partial charge in [0.1, 0.15) is 6.04 Å². The molecule has 2 fully saturated rings. The smallest absolute Gasteiger partial charge is 0.253 e. The Labute approximate surface area is 195 Å². The summed E-state index contributed by atoms with van der Waals surface area (Å²) in [6.45, 7) is -0.175. The number of amides is 2. The third kappa shape index (κ3) is 4.26. The van der Waals surface area contributed by atoms with Crippen molar-refractivity contribution in [3.8, 4) is 17.2 Å². The molecule has 1 heterocycles. The molecule has 0 bridgehead atoms. The average Bonchev–Trinajstić information content (AvgIpc) is 2.84. The Morgan fingerprint density at radius 3 is 2.33 bits per heavy atom. The average molecular weight is 446 g/mol. The van der Waals surface area contributed by atoms with Crippen molar-refractivity contribution in [2.75, 3.05) is 20.7 Å². The number of hydrogen-bond acceptors (Lipinski definition) is 4. The Kier molecular flexibility index (Phi) is 6.80. The summed E-state index contributed by atoms with van der Waals surface area (Å²) in [6.07, 6.45) is 4.98. The maximum Gasteiger partial charge on any atom is 0.253 e. The van der Waals surface area contributed by atoms with Crippen LogP contribution in [0.4, 0.5) is 0 Å². The van der Waals surface area contributed by atoms with Crippen molar-refractivity contribution in [1.82, 2.24) is 9.80 Å². The number of rotatable bonds is 5. The number of carbonyl (C=O) groups excluding carboxylic acids is 2. The van der Waals surface area contributed by atoms with Crippen LogP contribution in [0.3, 0.4) is 0 Å². The maximum atomic E-state index is 13.2. The molecule has 0 radical (unpaired) electrons. The van der Waals surface area contributed by atoms with Crippen LogP contribution >= 0.6 is 0 Å². The number of nitriles is 1. The molecule has 2 aromatic carbocycles. The van der Waals surface area contributed by atoms with Crippen LogP contribution in [0.5, 0.6) is 0 Å². The van der Waals surface area contributed by atoms with Crippen molar-refractivity contribution in [1.29, 1.82) is 5.26 Å². The van der Waals surface area contributed by atoms with Gasteiger partial charge in [0.05, 0.1) is 18.7 Å². The zero-order valence-electron chi connectivity index (χ0n) is 19.3. The number of likely N-dealkylation sites (tertiary alicyclic amines) is 1. The molecule has 0 unspecified atom stereocenters. The van der Waals surface area contributed by atoms with Crippen molar-refractivity contribution in [3.63, 3.8) is 0 Å².